The van der Waals surface area contributed by atoms with E-state index in [4.69, 9.17) is 11.6 Å². The Morgan fingerprint density at radius 2 is 2.16 bits per heavy atom. The summed E-state index contributed by atoms with van der Waals surface area (Å²) in [5, 5.41) is 3.42. The number of hydrogen-bond donors (Lipinski definition) is 1. The molecular formula is C13H15ClN2O2S. The average Bonchev–Trinajstić information content (AvgIpc) is 2.41. The van der Waals surface area contributed by atoms with Crippen LogP contribution >= 0.6 is 23.4 Å². The minimum atomic E-state index is -0.382. The molecule has 1 N–H and O–H groups in total. The summed E-state index contributed by atoms with van der Waals surface area (Å²) in [5.74, 6) is 0.234. The summed E-state index contributed by atoms with van der Waals surface area (Å²) < 4.78 is 0. The van der Waals surface area contributed by atoms with E-state index in [1.165, 1.54) is 11.8 Å². The first-order valence-corrected chi connectivity index (χ1v) is 7.40. The van der Waals surface area contributed by atoms with Gasteiger partial charge in [0.1, 0.15) is 6.04 Å². The predicted molar refractivity (Wildman–Crippen MR) is 76.4 cm³/mol. The highest BCUT2D eigenvalue weighted by molar-refractivity contribution is 8.00. The van der Waals surface area contributed by atoms with E-state index in [-0.39, 0.29) is 17.9 Å². The molecule has 102 valence electrons. The van der Waals surface area contributed by atoms with Crippen molar-refractivity contribution in [2.75, 3.05) is 18.8 Å². The van der Waals surface area contributed by atoms with Crippen LogP contribution in [0.3, 0.4) is 0 Å². The van der Waals surface area contributed by atoms with Gasteiger partial charge in [0.2, 0.25) is 11.8 Å². The zero-order chi connectivity index (χ0) is 13.8. The van der Waals surface area contributed by atoms with E-state index in [0.717, 1.165) is 4.90 Å². The van der Waals surface area contributed by atoms with Gasteiger partial charge in [-0.3, -0.25) is 9.59 Å². The molecule has 19 heavy (non-hydrogen) atoms. The maximum Gasteiger partial charge on any atom is 0.242 e. The van der Waals surface area contributed by atoms with Crippen LogP contribution < -0.4 is 5.32 Å². The highest BCUT2D eigenvalue weighted by Gasteiger charge is 2.28. The van der Waals surface area contributed by atoms with Crippen LogP contribution in [0.5, 0.6) is 0 Å². The summed E-state index contributed by atoms with van der Waals surface area (Å²) in [5.41, 5.74) is 0. The van der Waals surface area contributed by atoms with Gasteiger partial charge >= 0.3 is 0 Å². The lowest BCUT2D eigenvalue weighted by atomic mass is 10.2. The predicted octanol–water partition coefficient (Wildman–Crippen LogP) is 1.78. The van der Waals surface area contributed by atoms with E-state index in [2.05, 4.69) is 5.32 Å². The molecule has 1 aromatic rings. The third-order valence-corrected chi connectivity index (χ3v) is 4.24. The molecule has 1 aliphatic rings. The molecule has 0 spiro atoms. The molecule has 1 saturated heterocycles. The fraction of sp³-hybridized carbons (Fsp3) is 0.385. The Morgan fingerprint density at radius 1 is 1.47 bits per heavy atom. The number of rotatable bonds is 3. The summed E-state index contributed by atoms with van der Waals surface area (Å²) in [6.07, 6.45) is 0. The number of nitrogens with one attached hydrogen (secondary N) is 1. The van der Waals surface area contributed by atoms with Crippen LogP contribution in [0.15, 0.2) is 29.2 Å². The second kappa shape index (κ2) is 6.30. The van der Waals surface area contributed by atoms with Crippen molar-refractivity contribution in [1.29, 1.82) is 0 Å². The number of carbonyl (C=O) groups excluding carboxylic acids is 2. The molecule has 1 heterocycles. The topological polar surface area (TPSA) is 49.4 Å². The van der Waals surface area contributed by atoms with Crippen LogP contribution in [-0.2, 0) is 9.59 Å². The van der Waals surface area contributed by atoms with Crippen molar-refractivity contribution in [1.82, 2.24) is 10.2 Å². The standard InChI is InChI=1S/C13H15ClN2O2S/c1-9-13(18)15-6-7-16(9)12(17)8-19-11-4-2-10(14)3-5-11/h2-5,9H,6-8H2,1H3,(H,15,18). The molecule has 4 nitrogen and oxygen atoms in total. The first-order chi connectivity index (χ1) is 9.08. The van der Waals surface area contributed by atoms with Crippen molar-refractivity contribution in [2.24, 2.45) is 0 Å². The zero-order valence-electron chi connectivity index (χ0n) is 10.6. The molecule has 0 aliphatic carbocycles. The van der Waals surface area contributed by atoms with E-state index < -0.39 is 0 Å². The number of amides is 2. The molecule has 1 aliphatic heterocycles. The van der Waals surface area contributed by atoms with E-state index >= 15 is 0 Å². The van der Waals surface area contributed by atoms with Gasteiger partial charge in [0.15, 0.2) is 0 Å². The smallest absolute Gasteiger partial charge is 0.242 e. The molecule has 0 bridgehead atoms. The van der Waals surface area contributed by atoms with Crippen molar-refractivity contribution >= 4 is 35.2 Å². The molecule has 2 rings (SSSR count). The van der Waals surface area contributed by atoms with Gasteiger partial charge in [-0.2, -0.15) is 0 Å². The van der Waals surface area contributed by atoms with Crippen molar-refractivity contribution in [3.63, 3.8) is 0 Å². The van der Waals surface area contributed by atoms with E-state index in [9.17, 15) is 9.59 Å². The van der Waals surface area contributed by atoms with Gasteiger partial charge < -0.3 is 10.2 Å². The molecule has 2 amide bonds. The van der Waals surface area contributed by atoms with Gasteiger partial charge in [-0.15, -0.1) is 11.8 Å². The maximum atomic E-state index is 12.1. The van der Waals surface area contributed by atoms with E-state index in [1.54, 1.807) is 24.0 Å². The van der Waals surface area contributed by atoms with Gasteiger partial charge in [0.25, 0.3) is 0 Å². The van der Waals surface area contributed by atoms with Crippen molar-refractivity contribution < 1.29 is 9.59 Å². The third-order valence-electron chi connectivity index (χ3n) is 3.00. The molecule has 1 fully saturated rings. The van der Waals surface area contributed by atoms with Gasteiger partial charge in [-0.1, -0.05) is 11.6 Å². The number of hydrogen-bond acceptors (Lipinski definition) is 3. The summed E-state index contributed by atoms with van der Waals surface area (Å²) in [6, 6.07) is 6.97. The lowest BCUT2D eigenvalue weighted by Gasteiger charge is -2.32. The monoisotopic (exact) mass is 298 g/mol. The van der Waals surface area contributed by atoms with Crippen LogP contribution in [-0.4, -0.2) is 41.6 Å². The van der Waals surface area contributed by atoms with Crippen LogP contribution in [0.1, 0.15) is 6.92 Å². The van der Waals surface area contributed by atoms with Gasteiger partial charge in [-0.25, -0.2) is 0 Å². The number of benzene rings is 1. The summed E-state index contributed by atoms with van der Waals surface area (Å²) >= 11 is 7.26. The van der Waals surface area contributed by atoms with Crippen molar-refractivity contribution in [2.45, 2.75) is 17.9 Å². The molecule has 6 heteroatoms. The highest BCUT2D eigenvalue weighted by atomic mass is 35.5. The first kappa shape index (κ1) is 14.2. The molecule has 1 aromatic carbocycles. The Hall–Kier alpha value is -1.20. The Bertz CT molecular complexity index is 478. The Morgan fingerprint density at radius 3 is 2.84 bits per heavy atom. The van der Waals surface area contributed by atoms with Crippen LogP contribution in [0.25, 0.3) is 0 Å². The lowest BCUT2D eigenvalue weighted by molar-refractivity contribution is -0.140. The van der Waals surface area contributed by atoms with E-state index in [0.29, 0.717) is 23.9 Å². The molecule has 0 saturated carbocycles. The normalized spacial score (nSPS) is 19.2. The summed E-state index contributed by atoms with van der Waals surface area (Å²) in [4.78, 5) is 26.2. The molecule has 1 atom stereocenters. The fourth-order valence-electron chi connectivity index (χ4n) is 1.88. The SMILES string of the molecule is CC1C(=O)NCCN1C(=O)CSc1ccc(Cl)cc1. The molecule has 0 radical (unpaired) electrons. The van der Waals surface area contributed by atoms with Gasteiger partial charge in [0, 0.05) is 23.0 Å². The number of piperazine rings is 1. The largest absolute Gasteiger partial charge is 0.353 e. The van der Waals surface area contributed by atoms with Crippen LogP contribution in [0, 0.1) is 0 Å². The average molecular weight is 299 g/mol. The lowest BCUT2D eigenvalue weighted by Crippen LogP contribution is -2.56. The zero-order valence-corrected chi connectivity index (χ0v) is 12.1. The van der Waals surface area contributed by atoms with Crippen LogP contribution in [0.4, 0.5) is 0 Å². The number of halogens is 1. The molecular weight excluding hydrogens is 284 g/mol. The number of nitrogens with zero attached hydrogens (tertiary/aromatic N) is 1. The fourth-order valence-corrected chi connectivity index (χ4v) is 2.79. The van der Waals surface area contributed by atoms with Crippen molar-refractivity contribution in [3.8, 4) is 0 Å². The summed E-state index contributed by atoms with van der Waals surface area (Å²) in [6.45, 7) is 2.85. The summed E-state index contributed by atoms with van der Waals surface area (Å²) in [7, 11) is 0. The van der Waals surface area contributed by atoms with Gasteiger partial charge in [-0.05, 0) is 31.2 Å². The minimum absolute atomic E-state index is 0.0118. The maximum absolute atomic E-state index is 12.1. The number of carbonyl (C=O) groups is 2. The Kier molecular flexibility index (Phi) is 4.71. The molecule has 0 aromatic heterocycles. The van der Waals surface area contributed by atoms with Gasteiger partial charge in [0.05, 0.1) is 5.75 Å². The highest BCUT2D eigenvalue weighted by Crippen LogP contribution is 2.21. The molecule has 1 unspecified atom stereocenters. The Labute approximate surface area is 121 Å². The third kappa shape index (κ3) is 3.64. The number of thioether (sulfide) groups is 1. The second-order valence-electron chi connectivity index (χ2n) is 4.30. The minimum Gasteiger partial charge on any atom is -0.353 e. The van der Waals surface area contributed by atoms with Crippen molar-refractivity contribution in [3.05, 3.63) is 29.3 Å². The quantitative estimate of drug-likeness (QED) is 0.866. The Balaban J connectivity index is 1.90. The second-order valence-corrected chi connectivity index (χ2v) is 5.78. The van der Waals surface area contributed by atoms with E-state index in [1.807, 2.05) is 12.1 Å². The van der Waals surface area contributed by atoms with Crippen LogP contribution in [0.2, 0.25) is 5.02 Å². The first-order valence-electron chi connectivity index (χ1n) is 6.03.